The average Bonchev–Trinajstić information content (AvgIpc) is 2.76. The third kappa shape index (κ3) is 3.71. The van der Waals surface area contributed by atoms with Crippen LogP contribution < -0.4 is 10.1 Å². The van der Waals surface area contributed by atoms with Gasteiger partial charge < -0.3 is 19.9 Å². The third-order valence-electron chi connectivity index (χ3n) is 2.97. The first kappa shape index (κ1) is 14.8. The van der Waals surface area contributed by atoms with Gasteiger partial charge in [-0.2, -0.15) is 0 Å². The zero-order valence-corrected chi connectivity index (χ0v) is 12.1. The Kier molecular flexibility index (Phi) is 4.30. The summed E-state index contributed by atoms with van der Waals surface area (Å²) < 4.78 is 10.5. The van der Waals surface area contributed by atoms with Crippen LogP contribution in [0.1, 0.15) is 36.7 Å². The first-order chi connectivity index (χ1) is 9.37. The molecule has 0 unspecified atom stereocenters. The Morgan fingerprint density at radius 1 is 1.45 bits per heavy atom. The van der Waals surface area contributed by atoms with Gasteiger partial charge in [0.2, 0.25) is 0 Å². The second-order valence-corrected chi connectivity index (χ2v) is 5.96. The van der Waals surface area contributed by atoms with E-state index in [1.807, 2.05) is 32.9 Å². The molecule has 2 rings (SSSR count). The third-order valence-corrected chi connectivity index (χ3v) is 2.97. The number of carbonyl (C=O) groups is 1. The summed E-state index contributed by atoms with van der Waals surface area (Å²) in [7, 11) is 0. The first-order valence-corrected chi connectivity index (χ1v) is 6.72. The summed E-state index contributed by atoms with van der Waals surface area (Å²) >= 11 is 0. The van der Waals surface area contributed by atoms with E-state index in [9.17, 15) is 9.90 Å². The second kappa shape index (κ2) is 5.81. The summed E-state index contributed by atoms with van der Waals surface area (Å²) in [6.45, 7) is 6.94. The summed E-state index contributed by atoms with van der Waals surface area (Å²) in [4.78, 5) is 11.6. The van der Waals surface area contributed by atoms with Crippen molar-refractivity contribution < 1.29 is 19.4 Å². The lowest BCUT2D eigenvalue weighted by molar-refractivity contribution is 0.0528. The van der Waals surface area contributed by atoms with E-state index in [-0.39, 0.29) is 18.1 Å². The minimum atomic E-state index is -0.637. The molecule has 110 valence electrons. The normalized spacial score (nSPS) is 15.7. The predicted molar refractivity (Wildman–Crippen MR) is 74.8 cm³/mol. The van der Waals surface area contributed by atoms with Crippen molar-refractivity contribution in [2.45, 2.75) is 39.0 Å². The monoisotopic (exact) mass is 279 g/mol. The molecule has 0 bridgehead atoms. The van der Waals surface area contributed by atoms with E-state index in [0.29, 0.717) is 24.5 Å². The maximum Gasteiger partial charge on any atom is 0.342 e. The van der Waals surface area contributed by atoms with Crippen molar-refractivity contribution in [3.8, 4) is 5.75 Å². The molecule has 0 spiro atoms. The van der Waals surface area contributed by atoms with Gasteiger partial charge in [0.25, 0.3) is 0 Å². The number of hydrogen-bond acceptors (Lipinski definition) is 5. The van der Waals surface area contributed by atoms with Crippen molar-refractivity contribution in [1.29, 1.82) is 0 Å². The van der Waals surface area contributed by atoms with Gasteiger partial charge in [0, 0.05) is 17.6 Å². The quantitative estimate of drug-likeness (QED) is 0.799. The molecular formula is C15H21NO4. The van der Waals surface area contributed by atoms with E-state index in [1.165, 1.54) is 0 Å². The summed E-state index contributed by atoms with van der Waals surface area (Å²) in [6.07, 6.45) is -0.637. The van der Waals surface area contributed by atoms with Gasteiger partial charge in [-0.15, -0.1) is 0 Å². The first-order valence-electron chi connectivity index (χ1n) is 6.72. The minimum Gasteiger partial charge on any atom is -0.490 e. The SMILES string of the molecule is CC(C)(C)NC[C@@H](O)COc1cccc2c1C(=O)OC2. The molecule has 2 N–H and O–H groups in total. The van der Waals surface area contributed by atoms with Gasteiger partial charge in [-0.05, 0) is 26.8 Å². The van der Waals surface area contributed by atoms with Gasteiger partial charge >= 0.3 is 5.97 Å². The van der Waals surface area contributed by atoms with Crippen LogP contribution in [0, 0.1) is 0 Å². The average molecular weight is 279 g/mol. The standard InChI is InChI=1S/C15H21NO4/c1-15(2,3)16-7-11(17)9-19-12-6-4-5-10-8-20-14(18)13(10)12/h4-6,11,16-17H,7-9H2,1-3H3/t11-/m1/s1. The van der Waals surface area contributed by atoms with E-state index >= 15 is 0 Å². The minimum absolute atomic E-state index is 0.0568. The number of cyclic esters (lactones) is 1. The van der Waals surface area contributed by atoms with E-state index in [1.54, 1.807) is 6.07 Å². The van der Waals surface area contributed by atoms with Crippen LogP contribution in [0.3, 0.4) is 0 Å². The molecule has 0 saturated heterocycles. The molecule has 1 atom stereocenters. The highest BCUT2D eigenvalue weighted by atomic mass is 16.5. The topological polar surface area (TPSA) is 67.8 Å². The number of ether oxygens (including phenoxy) is 2. The summed E-state index contributed by atoms with van der Waals surface area (Å²) in [5.41, 5.74) is 1.25. The fraction of sp³-hybridized carbons (Fsp3) is 0.533. The van der Waals surface area contributed by atoms with Crippen molar-refractivity contribution in [2.75, 3.05) is 13.2 Å². The Hall–Kier alpha value is -1.59. The molecule has 1 aromatic carbocycles. The highest BCUT2D eigenvalue weighted by Crippen LogP contribution is 2.29. The highest BCUT2D eigenvalue weighted by Gasteiger charge is 2.25. The Morgan fingerprint density at radius 2 is 2.20 bits per heavy atom. The molecule has 5 nitrogen and oxygen atoms in total. The molecule has 1 aliphatic heterocycles. The summed E-state index contributed by atoms with van der Waals surface area (Å²) in [5.74, 6) is 0.109. The number of esters is 1. The van der Waals surface area contributed by atoms with Gasteiger partial charge in [0.1, 0.15) is 30.6 Å². The zero-order valence-electron chi connectivity index (χ0n) is 12.1. The van der Waals surface area contributed by atoms with Crippen LogP contribution in [0.15, 0.2) is 18.2 Å². The number of aliphatic hydroxyl groups excluding tert-OH is 1. The van der Waals surface area contributed by atoms with Crippen LogP contribution in [0.2, 0.25) is 0 Å². The molecular weight excluding hydrogens is 258 g/mol. The molecule has 1 heterocycles. The molecule has 0 aromatic heterocycles. The number of fused-ring (bicyclic) bond motifs is 1. The van der Waals surface area contributed by atoms with Crippen molar-refractivity contribution >= 4 is 5.97 Å². The number of β-amino-alcohol motifs (C(OH)–C–C–N with tert-alkyl or cyclic N) is 1. The maximum atomic E-state index is 11.6. The van der Waals surface area contributed by atoms with Gasteiger partial charge in [0.15, 0.2) is 0 Å². The molecule has 0 fully saturated rings. The fourth-order valence-corrected chi connectivity index (χ4v) is 1.93. The van der Waals surface area contributed by atoms with Crippen molar-refractivity contribution in [3.63, 3.8) is 0 Å². The van der Waals surface area contributed by atoms with Gasteiger partial charge in [0.05, 0.1) is 0 Å². The van der Waals surface area contributed by atoms with Crippen LogP contribution in [-0.4, -0.2) is 35.9 Å². The number of benzene rings is 1. The van der Waals surface area contributed by atoms with Crippen LogP contribution >= 0.6 is 0 Å². The van der Waals surface area contributed by atoms with Gasteiger partial charge in [-0.25, -0.2) is 4.79 Å². The number of hydrogen-bond donors (Lipinski definition) is 2. The molecule has 5 heteroatoms. The maximum absolute atomic E-state index is 11.6. The zero-order chi connectivity index (χ0) is 14.8. The van der Waals surface area contributed by atoms with Gasteiger partial charge in [-0.3, -0.25) is 0 Å². The van der Waals surface area contributed by atoms with E-state index in [2.05, 4.69) is 5.32 Å². The van der Waals surface area contributed by atoms with E-state index in [4.69, 9.17) is 9.47 Å². The number of carbonyl (C=O) groups excluding carboxylic acids is 1. The summed E-state index contributed by atoms with van der Waals surface area (Å²) in [6, 6.07) is 5.37. The Bertz CT molecular complexity index is 493. The van der Waals surface area contributed by atoms with Crippen molar-refractivity contribution in [3.05, 3.63) is 29.3 Å². The van der Waals surface area contributed by atoms with Gasteiger partial charge in [-0.1, -0.05) is 12.1 Å². The molecule has 0 aliphatic carbocycles. The fourth-order valence-electron chi connectivity index (χ4n) is 1.93. The number of nitrogens with one attached hydrogen (secondary N) is 1. The van der Waals surface area contributed by atoms with E-state index < -0.39 is 6.10 Å². The molecule has 1 aromatic rings. The van der Waals surface area contributed by atoms with Crippen LogP contribution in [0.4, 0.5) is 0 Å². The second-order valence-electron chi connectivity index (χ2n) is 5.96. The van der Waals surface area contributed by atoms with Crippen molar-refractivity contribution in [1.82, 2.24) is 5.32 Å². The number of rotatable bonds is 5. The van der Waals surface area contributed by atoms with Crippen molar-refractivity contribution in [2.24, 2.45) is 0 Å². The summed E-state index contributed by atoms with van der Waals surface area (Å²) in [5, 5.41) is 13.1. The van der Waals surface area contributed by atoms with Crippen LogP contribution in [0.25, 0.3) is 0 Å². The Morgan fingerprint density at radius 3 is 2.90 bits per heavy atom. The molecule has 20 heavy (non-hydrogen) atoms. The molecule has 0 saturated carbocycles. The lowest BCUT2D eigenvalue weighted by atomic mass is 10.1. The number of aliphatic hydroxyl groups is 1. The molecule has 0 amide bonds. The lowest BCUT2D eigenvalue weighted by Gasteiger charge is -2.23. The van der Waals surface area contributed by atoms with Crippen LogP contribution in [-0.2, 0) is 11.3 Å². The Balaban J connectivity index is 1.92. The predicted octanol–water partition coefficient (Wildman–Crippen LogP) is 1.48. The lowest BCUT2D eigenvalue weighted by Crippen LogP contribution is -2.42. The Labute approximate surface area is 118 Å². The smallest absolute Gasteiger partial charge is 0.342 e. The van der Waals surface area contributed by atoms with E-state index in [0.717, 1.165) is 5.56 Å². The molecule has 1 aliphatic rings. The highest BCUT2D eigenvalue weighted by molar-refractivity contribution is 5.96. The van der Waals surface area contributed by atoms with Crippen LogP contribution in [0.5, 0.6) is 5.75 Å². The molecule has 0 radical (unpaired) electrons. The largest absolute Gasteiger partial charge is 0.490 e.